The van der Waals surface area contributed by atoms with Crippen molar-refractivity contribution < 1.29 is 19.3 Å². The number of likely N-dealkylation sites (tertiary alicyclic amines) is 1. The third-order valence-corrected chi connectivity index (χ3v) is 5.66. The number of rotatable bonds is 9. The van der Waals surface area contributed by atoms with Gasteiger partial charge in [-0.05, 0) is 43.4 Å². The number of hydrogen-bond donors (Lipinski definition) is 2. The Bertz CT molecular complexity index is 583. The SMILES string of the molecule is COc1cc(CCOC2CCCCC2N2CC[C@@H](O)C2)ccc1OCCN. The van der Waals surface area contributed by atoms with E-state index in [2.05, 4.69) is 11.0 Å². The minimum Gasteiger partial charge on any atom is -0.493 e. The second kappa shape index (κ2) is 10.3. The minimum absolute atomic E-state index is 0.167. The summed E-state index contributed by atoms with van der Waals surface area (Å²) < 4.78 is 17.3. The van der Waals surface area contributed by atoms with Crippen LogP contribution < -0.4 is 15.2 Å². The summed E-state index contributed by atoms with van der Waals surface area (Å²) >= 11 is 0. The van der Waals surface area contributed by atoms with Crippen LogP contribution in [0.3, 0.4) is 0 Å². The number of nitrogens with two attached hydrogens (primary N) is 1. The normalized spacial score (nSPS) is 26.3. The first kappa shape index (κ1) is 20.4. The van der Waals surface area contributed by atoms with Crippen LogP contribution in [0.1, 0.15) is 37.7 Å². The van der Waals surface area contributed by atoms with Crippen molar-refractivity contribution in [3.63, 3.8) is 0 Å². The summed E-state index contributed by atoms with van der Waals surface area (Å²) in [6.07, 6.45) is 6.64. The minimum atomic E-state index is -0.167. The topological polar surface area (TPSA) is 77.2 Å². The predicted octanol–water partition coefficient (Wildman–Crippen LogP) is 1.97. The third-order valence-electron chi connectivity index (χ3n) is 5.66. The number of nitrogens with zero attached hydrogens (tertiary/aromatic N) is 1. The largest absolute Gasteiger partial charge is 0.493 e. The lowest BCUT2D eigenvalue weighted by atomic mass is 9.91. The summed E-state index contributed by atoms with van der Waals surface area (Å²) in [5, 5.41) is 9.86. The molecule has 1 saturated carbocycles. The zero-order valence-corrected chi connectivity index (χ0v) is 16.4. The Morgan fingerprint density at radius 1 is 1.15 bits per heavy atom. The van der Waals surface area contributed by atoms with E-state index in [1.54, 1.807) is 7.11 Å². The van der Waals surface area contributed by atoms with Gasteiger partial charge in [0.15, 0.2) is 11.5 Å². The fraction of sp³-hybridized carbons (Fsp3) is 0.714. The van der Waals surface area contributed by atoms with Gasteiger partial charge in [-0.3, -0.25) is 4.90 Å². The molecule has 27 heavy (non-hydrogen) atoms. The predicted molar refractivity (Wildman–Crippen MR) is 105 cm³/mol. The Morgan fingerprint density at radius 2 is 2.00 bits per heavy atom. The highest BCUT2D eigenvalue weighted by atomic mass is 16.5. The van der Waals surface area contributed by atoms with Gasteiger partial charge in [0, 0.05) is 25.7 Å². The standard InChI is InChI=1S/C21H34N2O4/c1-25-21-14-16(6-7-20(21)27-13-10-22)9-12-26-19-5-3-2-4-18(19)23-11-8-17(24)15-23/h6-7,14,17-19,24H,2-5,8-13,15,22H2,1H3/t17-,18?,19?/m1/s1. The Hall–Kier alpha value is -1.34. The van der Waals surface area contributed by atoms with Gasteiger partial charge in [0.1, 0.15) is 6.61 Å². The number of ether oxygens (including phenoxy) is 3. The Balaban J connectivity index is 1.52. The second-order valence-electron chi connectivity index (χ2n) is 7.57. The first-order chi connectivity index (χ1) is 13.2. The van der Waals surface area contributed by atoms with E-state index in [0.29, 0.717) is 25.8 Å². The smallest absolute Gasteiger partial charge is 0.161 e. The number of benzene rings is 1. The average Bonchev–Trinajstić information content (AvgIpc) is 3.13. The molecule has 0 aromatic heterocycles. The van der Waals surface area contributed by atoms with Crippen LogP contribution in [0.25, 0.3) is 0 Å². The van der Waals surface area contributed by atoms with Gasteiger partial charge >= 0.3 is 0 Å². The van der Waals surface area contributed by atoms with E-state index in [-0.39, 0.29) is 12.2 Å². The van der Waals surface area contributed by atoms with E-state index in [1.807, 2.05) is 12.1 Å². The van der Waals surface area contributed by atoms with E-state index in [9.17, 15) is 5.11 Å². The van der Waals surface area contributed by atoms with Gasteiger partial charge < -0.3 is 25.1 Å². The van der Waals surface area contributed by atoms with Gasteiger partial charge in [-0.2, -0.15) is 0 Å². The van der Waals surface area contributed by atoms with Crippen LogP contribution in [0.2, 0.25) is 0 Å². The average molecular weight is 379 g/mol. The highest BCUT2D eigenvalue weighted by Crippen LogP contribution is 2.30. The molecular formula is C21H34N2O4. The lowest BCUT2D eigenvalue weighted by Crippen LogP contribution is -2.46. The van der Waals surface area contributed by atoms with Crippen molar-refractivity contribution in [1.29, 1.82) is 0 Å². The van der Waals surface area contributed by atoms with Gasteiger partial charge in [-0.25, -0.2) is 0 Å². The summed E-state index contributed by atoms with van der Waals surface area (Å²) in [6, 6.07) is 6.48. The van der Waals surface area contributed by atoms with Crippen LogP contribution >= 0.6 is 0 Å². The zero-order valence-electron chi connectivity index (χ0n) is 16.4. The molecule has 3 rings (SSSR count). The van der Waals surface area contributed by atoms with E-state index < -0.39 is 0 Å². The van der Waals surface area contributed by atoms with Gasteiger partial charge in [-0.15, -0.1) is 0 Å². The van der Waals surface area contributed by atoms with Crippen LogP contribution in [-0.2, 0) is 11.2 Å². The maximum absolute atomic E-state index is 9.86. The molecule has 152 valence electrons. The maximum atomic E-state index is 9.86. The lowest BCUT2D eigenvalue weighted by molar-refractivity contribution is -0.0316. The highest BCUT2D eigenvalue weighted by molar-refractivity contribution is 5.43. The van der Waals surface area contributed by atoms with Crippen LogP contribution in [0.15, 0.2) is 18.2 Å². The Labute approximate surface area is 162 Å². The molecule has 2 fully saturated rings. The Morgan fingerprint density at radius 3 is 2.74 bits per heavy atom. The first-order valence-corrected chi connectivity index (χ1v) is 10.2. The van der Waals surface area contributed by atoms with E-state index >= 15 is 0 Å². The summed E-state index contributed by atoms with van der Waals surface area (Å²) in [6.45, 7) is 3.45. The molecule has 3 N–H and O–H groups in total. The molecule has 6 heteroatoms. The van der Waals surface area contributed by atoms with E-state index in [4.69, 9.17) is 19.9 Å². The van der Waals surface area contributed by atoms with Crippen molar-refractivity contribution in [3.05, 3.63) is 23.8 Å². The van der Waals surface area contributed by atoms with Crippen molar-refractivity contribution in [2.24, 2.45) is 5.73 Å². The molecule has 0 radical (unpaired) electrons. The molecule has 1 heterocycles. The van der Waals surface area contributed by atoms with Gasteiger partial charge in [0.25, 0.3) is 0 Å². The quantitative estimate of drug-likeness (QED) is 0.684. The molecule has 0 bridgehead atoms. The van der Waals surface area contributed by atoms with Crippen LogP contribution in [0.5, 0.6) is 11.5 Å². The molecule has 1 aliphatic carbocycles. The molecule has 0 amide bonds. The molecule has 2 unspecified atom stereocenters. The number of methoxy groups -OCH3 is 1. The zero-order chi connectivity index (χ0) is 19.1. The van der Waals surface area contributed by atoms with Gasteiger partial charge in [0.05, 0.1) is 25.9 Å². The third kappa shape index (κ3) is 5.57. The number of aliphatic hydroxyl groups excluding tert-OH is 1. The number of hydrogen-bond acceptors (Lipinski definition) is 6. The van der Waals surface area contributed by atoms with Crippen LogP contribution in [-0.4, -0.2) is 68.2 Å². The molecule has 6 nitrogen and oxygen atoms in total. The fourth-order valence-corrected chi connectivity index (χ4v) is 4.24. The summed E-state index contributed by atoms with van der Waals surface area (Å²) in [4.78, 5) is 2.43. The highest BCUT2D eigenvalue weighted by Gasteiger charge is 2.34. The van der Waals surface area contributed by atoms with Crippen molar-refractivity contribution in [3.8, 4) is 11.5 Å². The molecule has 0 spiro atoms. The number of aliphatic hydroxyl groups is 1. The first-order valence-electron chi connectivity index (χ1n) is 10.2. The number of β-amino-alcohol motifs (C(OH)–C–C–N with tert-alkyl or cyclic N) is 1. The maximum Gasteiger partial charge on any atom is 0.161 e. The van der Waals surface area contributed by atoms with Crippen molar-refractivity contribution in [2.75, 3.05) is 40.0 Å². The molecule has 1 aromatic rings. The van der Waals surface area contributed by atoms with Crippen LogP contribution in [0.4, 0.5) is 0 Å². The van der Waals surface area contributed by atoms with Crippen molar-refractivity contribution in [2.45, 2.75) is 56.8 Å². The van der Waals surface area contributed by atoms with Crippen molar-refractivity contribution in [1.82, 2.24) is 4.90 Å². The molecular weight excluding hydrogens is 344 g/mol. The summed E-state index contributed by atoms with van der Waals surface area (Å²) in [5.74, 6) is 1.47. The van der Waals surface area contributed by atoms with E-state index in [1.165, 1.54) is 24.8 Å². The monoisotopic (exact) mass is 378 g/mol. The van der Waals surface area contributed by atoms with Gasteiger partial charge in [-0.1, -0.05) is 18.9 Å². The second-order valence-corrected chi connectivity index (χ2v) is 7.57. The van der Waals surface area contributed by atoms with Crippen LogP contribution in [0, 0.1) is 0 Å². The molecule has 1 aromatic carbocycles. The summed E-state index contributed by atoms with van der Waals surface area (Å²) in [5.41, 5.74) is 6.68. The lowest BCUT2D eigenvalue weighted by Gasteiger charge is -2.37. The van der Waals surface area contributed by atoms with E-state index in [0.717, 1.165) is 43.9 Å². The fourth-order valence-electron chi connectivity index (χ4n) is 4.24. The molecule has 1 aliphatic heterocycles. The molecule has 1 saturated heterocycles. The Kier molecular flexibility index (Phi) is 7.76. The molecule has 3 atom stereocenters. The van der Waals surface area contributed by atoms with Crippen molar-refractivity contribution >= 4 is 0 Å². The molecule has 2 aliphatic rings. The van der Waals surface area contributed by atoms with Gasteiger partial charge in [0.2, 0.25) is 0 Å². The summed E-state index contributed by atoms with van der Waals surface area (Å²) in [7, 11) is 1.65.